The average Bonchev–Trinajstić information content (AvgIpc) is 2.50. The van der Waals surface area contributed by atoms with Gasteiger partial charge in [-0.15, -0.1) is 0 Å². The van der Waals surface area contributed by atoms with Crippen LogP contribution < -0.4 is 0 Å². The second-order valence-corrected chi connectivity index (χ2v) is 5.61. The highest BCUT2D eigenvalue weighted by Gasteiger charge is 1.94. The first-order valence-corrected chi connectivity index (χ1v) is 8.63. The maximum Gasteiger partial charge on any atom is 0.115 e. The van der Waals surface area contributed by atoms with Crippen molar-refractivity contribution in [2.75, 3.05) is 6.61 Å². The topological polar surface area (TPSA) is 40.5 Å². The molecule has 0 aliphatic heterocycles. The summed E-state index contributed by atoms with van der Waals surface area (Å²) in [6.07, 6.45) is 12.7. The molecule has 0 aliphatic rings. The first-order valence-electron chi connectivity index (χ1n) is 8.63. The number of unbranched alkanes of at least 4 members (excludes halogenated alkanes) is 7. The highest BCUT2D eigenvalue weighted by atomic mass is 16.3. The maximum absolute atomic E-state index is 9.15. The van der Waals surface area contributed by atoms with Crippen molar-refractivity contribution < 1.29 is 10.2 Å². The minimum atomic E-state index is 0.344. The molecule has 0 aromatic heterocycles. The second kappa shape index (κ2) is 15.4. The zero-order valence-corrected chi connectivity index (χ0v) is 14.0. The Bertz CT molecular complexity index is 304. The maximum atomic E-state index is 9.15. The summed E-state index contributed by atoms with van der Waals surface area (Å²) < 4.78 is 0. The van der Waals surface area contributed by atoms with Gasteiger partial charge < -0.3 is 10.2 Å². The monoisotopic (exact) mass is 294 g/mol. The molecule has 0 atom stereocenters. The zero-order chi connectivity index (χ0) is 15.8. The summed E-state index contributed by atoms with van der Waals surface area (Å²) in [6.45, 7) is 4.65. The van der Waals surface area contributed by atoms with Crippen LogP contribution in [0.3, 0.4) is 0 Å². The van der Waals surface area contributed by atoms with E-state index in [1.54, 1.807) is 12.1 Å². The van der Waals surface area contributed by atoms with Gasteiger partial charge in [-0.05, 0) is 37.0 Å². The molecule has 0 unspecified atom stereocenters. The Labute approximate surface area is 131 Å². The third-order valence-electron chi connectivity index (χ3n) is 3.52. The lowest BCUT2D eigenvalue weighted by Crippen LogP contribution is -1.85. The van der Waals surface area contributed by atoms with Crippen LogP contribution in [-0.4, -0.2) is 16.8 Å². The highest BCUT2D eigenvalue weighted by Crippen LogP contribution is 2.13. The van der Waals surface area contributed by atoms with E-state index in [0.717, 1.165) is 19.3 Å². The van der Waals surface area contributed by atoms with Crippen LogP contribution in [0.1, 0.15) is 77.2 Å². The molecule has 122 valence electrons. The van der Waals surface area contributed by atoms with Crippen molar-refractivity contribution in [2.24, 2.45) is 0 Å². The second-order valence-electron chi connectivity index (χ2n) is 5.61. The number of phenols is 1. The van der Waals surface area contributed by atoms with E-state index in [1.165, 1.54) is 50.5 Å². The molecule has 2 heteroatoms. The Kier molecular flexibility index (Phi) is 14.6. The molecule has 0 aliphatic carbocycles. The van der Waals surface area contributed by atoms with Gasteiger partial charge in [0, 0.05) is 6.61 Å². The van der Waals surface area contributed by atoms with Crippen molar-refractivity contribution in [2.45, 2.75) is 78.1 Å². The SMILES string of the molecule is CCCCCCCCCc1ccc(O)cc1.CCCCO. The molecule has 0 fully saturated rings. The van der Waals surface area contributed by atoms with Gasteiger partial charge in [0.2, 0.25) is 0 Å². The number of benzene rings is 1. The Morgan fingerprint density at radius 3 is 1.71 bits per heavy atom. The van der Waals surface area contributed by atoms with Crippen molar-refractivity contribution >= 4 is 0 Å². The summed E-state index contributed by atoms with van der Waals surface area (Å²) in [5.74, 6) is 0.364. The van der Waals surface area contributed by atoms with Crippen LogP contribution in [0, 0.1) is 0 Å². The molecule has 2 N–H and O–H groups in total. The number of phenolic OH excluding ortho intramolecular Hbond substituents is 1. The van der Waals surface area contributed by atoms with Gasteiger partial charge in [0.15, 0.2) is 0 Å². The number of hydrogen-bond donors (Lipinski definition) is 2. The van der Waals surface area contributed by atoms with E-state index in [2.05, 4.69) is 13.8 Å². The first-order chi connectivity index (χ1) is 10.2. The summed E-state index contributed by atoms with van der Waals surface area (Å²) in [4.78, 5) is 0. The van der Waals surface area contributed by atoms with Crippen molar-refractivity contribution in [1.29, 1.82) is 0 Å². The Morgan fingerprint density at radius 1 is 0.714 bits per heavy atom. The molecule has 0 bridgehead atoms. The molecular formula is C19H34O2. The molecule has 2 nitrogen and oxygen atoms in total. The van der Waals surface area contributed by atoms with Crippen molar-refractivity contribution in [3.05, 3.63) is 29.8 Å². The van der Waals surface area contributed by atoms with Gasteiger partial charge in [-0.1, -0.05) is 70.9 Å². The molecule has 0 saturated carbocycles. The predicted molar refractivity (Wildman–Crippen MR) is 91.8 cm³/mol. The molecule has 0 spiro atoms. The standard InChI is InChI=1S/C15H24O.C4H10O/c1-2-3-4-5-6-7-8-9-14-10-12-15(16)13-11-14;1-2-3-4-5/h10-13,16H,2-9H2,1H3;5H,2-4H2,1H3. The molecular weight excluding hydrogens is 260 g/mol. The van der Waals surface area contributed by atoms with Gasteiger partial charge in [0.05, 0.1) is 0 Å². The number of aromatic hydroxyl groups is 1. The molecule has 0 radical (unpaired) electrons. The van der Waals surface area contributed by atoms with Gasteiger partial charge in [0.25, 0.3) is 0 Å². The van der Waals surface area contributed by atoms with Gasteiger partial charge >= 0.3 is 0 Å². The normalized spacial score (nSPS) is 10.0. The summed E-state index contributed by atoms with van der Waals surface area (Å²) in [6, 6.07) is 7.59. The van der Waals surface area contributed by atoms with E-state index < -0.39 is 0 Å². The van der Waals surface area contributed by atoms with E-state index in [4.69, 9.17) is 10.2 Å². The number of aliphatic hydroxyl groups is 1. The molecule has 21 heavy (non-hydrogen) atoms. The third-order valence-corrected chi connectivity index (χ3v) is 3.52. The lowest BCUT2D eigenvalue weighted by molar-refractivity contribution is 0.287. The fourth-order valence-corrected chi connectivity index (χ4v) is 2.11. The minimum Gasteiger partial charge on any atom is -0.508 e. The molecule has 1 rings (SSSR count). The summed E-state index contributed by atoms with van der Waals surface area (Å²) >= 11 is 0. The average molecular weight is 294 g/mol. The number of aliphatic hydroxyl groups excluding tert-OH is 1. The van der Waals surface area contributed by atoms with E-state index >= 15 is 0 Å². The third kappa shape index (κ3) is 13.7. The first kappa shape index (κ1) is 20.0. The van der Waals surface area contributed by atoms with Crippen LogP contribution in [0.2, 0.25) is 0 Å². The van der Waals surface area contributed by atoms with Crippen molar-refractivity contribution in [3.63, 3.8) is 0 Å². The van der Waals surface area contributed by atoms with E-state index in [0.29, 0.717) is 12.4 Å². The highest BCUT2D eigenvalue weighted by molar-refractivity contribution is 5.25. The van der Waals surface area contributed by atoms with Crippen LogP contribution in [0.4, 0.5) is 0 Å². The quantitative estimate of drug-likeness (QED) is 0.562. The fraction of sp³-hybridized carbons (Fsp3) is 0.684. The van der Waals surface area contributed by atoms with Gasteiger partial charge in [-0.2, -0.15) is 0 Å². The van der Waals surface area contributed by atoms with Crippen LogP contribution in [0.5, 0.6) is 5.75 Å². The van der Waals surface area contributed by atoms with Gasteiger partial charge in [-0.25, -0.2) is 0 Å². The number of aryl methyl sites for hydroxylation is 1. The largest absolute Gasteiger partial charge is 0.508 e. The van der Waals surface area contributed by atoms with Crippen molar-refractivity contribution in [3.8, 4) is 5.75 Å². The fourth-order valence-electron chi connectivity index (χ4n) is 2.11. The molecule has 0 saturated heterocycles. The van der Waals surface area contributed by atoms with Gasteiger partial charge in [0.1, 0.15) is 5.75 Å². The molecule has 1 aromatic rings. The van der Waals surface area contributed by atoms with Crippen LogP contribution in [0.25, 0.3) is 0 Å². The Hall–Kier alpha value is -1.02. The van der Waals surface area contributed by atoms with E-state index in [-0.39, 0.29) is 0 Å². The number of rotatable bonds is 10. The predicted octanol–water partition coefficient (Wildman–Crippen LogP) is 5.46. The number of hydrogen-bond acceptors (Lipinski definition) is 2. The van der Waals surface area contributed by atoms with Crippen LogP contribution >= 0.6 is 0 Å². The molecule has 0 amide bonds. The smallest absolute Gasteiger partial charge is 0.115 e. The Morgan fingerprint density at radius 2 is 1.24 bits per heavy atom. The molecule has 0 heterocycles. The van der Waals surface area contributed by atoms with Crippen molar-refractivity contribution in [1.82, 2.24) is 0 Å². The molecule has 1 aromatic carbocycles. The Balaban J connectivity index is 0.000000690. The minimum absolute atomic E-state index is 0.344. The summed E-state index contributed by atoms with van der Waals surface area (Å²) in [5.41, 5.74) is 1.34. The lowest BCUT2D eigenvalue weighted by Gasteiger charge is -2.02. The zero-order valence-electron chi connectivity index (χ0n) is 14.0. The van der Waals surface area contributed by atoms with Crippen LogP contribution in [-0.2, 0) is 6.42 Å². The summed E-state index contributed by atoms with van der Waals surface area (Å²) in [5, 5.41) is 17.2. The lowest BCUT2D eigenvalue weighted by atomic mass is 10.0. The summed E-state index contributed by atoms with van der Waals surface area (Å²) in [7, 11) is 0. The van der Waals surface area contributed by atoms with E-state index in [1.807, 2.05) is 12.1 Å². The van der Waals surface area contributed by atoms with E-state index in [9.17, 15) is 0 Å². The van der Waals surface area contributed by atoms with Crippen LogP contribution in [0.15, 0.2) is 24.3 Å². The van der Waals surface area contributed by atoms with Gasteiger partial charge in [-0.3, -0.25) is 0 Å².